The fourth-order valence-electron chi connectivity index (χ4n) is 8.80. The fourth-order valence-corrected chi connectivity index (χ4v) is 8.80. The average molecular weight is 623 g/mol. The molecular formula is C49H34. The maximum Gasteiger partial charge on any atom is 0.0159 e. The van der Waals surface area contributed by atoms with E-state index in [1.807, 2.05) is 0 Å². The van der Waals surface area contributed by atoms with Crippen LogP contribution in [0.5, 0.6) is 0 Å². The minimum absolute atomic E-state index is 0.106. The Kier molecular flexibility index (Phi) is 6.02. The van der Waals surface area contributed by atoms with Gasteiger partial charge in [0.2, 0.25) is 0 Å². The summed E-state index contributed by atoms with van der Waals surface area (Å²) in [5.41, 5.74) is 13.0. The van der Waals surface area contributed by atoms with E-state index in [-0.39, 0.29) is 5.41 Å². The predicted octanol–water partition coefficient (Wildman–Crippen LogP) is 13.6. The Morgan fingerprint density at radius 3 is 1.76 bits per heavy atom. The lowest BCUT2D eigenvalue weighted by molar-refractivity contribution is 0.661. The molecule has 0 amide bonds. The molecule has 0 radical (unpaired) electrons. The molecule has 0 fully saturated rings. The van der Waals surface area contributed by atoms with Crippen LogP contribution < -0.4 is 0 Å². The van der Waals surface area contributed by atoms with E-state index in [0.717, 1.165) is 0 Å². The summed E-state index contributed by atoms with van der Waals surface area (Å²) in [5.74, 6) is 0. The fraction of sp³-hybridized carbons (Fsp3) is 0.0612. The lowest BCUT2D eigenvalue weighted by Crippen LogP contribution is -2.14. The van der Waals surface area contributed by atoms with Crippen molar-refractivity contribution in [3.63, 3.8) is 0 Å². The van der Waals surface area contributed by atoms with Gasteiger partial charge in [-0.05, 0) is 111 Å². The molecule has 10 rings (SSSR count). The number of fused-ring (bicyclic) bond motifs is 9. The zero-order valence-corrected chi connectivity index (χ0v) is 27.7. The van der Waals surface area contributed by atoms with Gasteiger partial charge in [-0.3, -0.25) is 0 Å². The van der Waals surface area contributed by atoms with Gasteiger partial charge in [-0.2, -0.15) is 0 Å². The van der Waals surface area contributed by atoms with Crippen LogP contribution in [-0.4, -0.2) is 0 Å². The third kappa shape index (κ3) is 4.04. The molecule has 1 aliphatic rings. The average Bonchev–Trinajstić information content (AvgIpc) is 3.40. The Balaban J connectivity index is 1.43. The van der Waals surface area contributed by atoms with E-state index in [9.17, 15) is 0 Å². The zero-order chi connectivity index (χ0) is 32.7. The molecule has 230 valence electrons. The largest absolute Gasteiger partial charge is 0.0622 e. The standard InChI is InChI=1S/C49H34/c1-49(2)43-26-13-12-25-40(43)47-44(49)28-27-41-46(42-30-33-17-6-7-20-35(33)36-21-8-9-22-37(36)42)39-24-11-10-23-38(39)45(48(41)47)34-19-14-18-32(29-34)31-15-4-3-5-16-31/h3-30H,1-2H3. The van der Waals surface area contributed by atoms with Gasteiger partial charge in [-0.1, -0.05) is 172 Å². The summed E-state index contributed by atoms with van der Waals surface area (Å²) in [6.45, 7) is 4.77. The van der Waals surface area contributed by atoms with Crippen LogP contribution in [0.1, 0.15) is 25.0 Å². The van der Waals surface area contributed by atoms with Crippen LogP contribution in [0.25, 0.3) is 87.6 Å². The first-order valence-corrected chi connectivity index (χ1v) is 17.3. The minimum atomic E-state index is -0.106. The highest BCUT2D eigenvalue weighted by Gasteiger charge is 2.37. The van der Waals surface area contributed by atoms with Crippen molar-refractivity contribution in [3.8, 4) is 44.5 Å². The third-order valence-electron chi connectivity index (χ3n) is 11.0. The van der Waals surface area contributed by atoms with Gasteiger partial charge < -0.3 is 0 Å². The van der Waals surface area contributed by atoms with E-state index < -0.39 is 0 Å². The maximum absolute atomic E-state index is 2.43. The predicted molar refractivity (Wildman–Crippen MR) is 210 cm³/mol. The molecule has 0 saturated heterocycles. The van der Waals surface area contributed by atoms with Crippen LogP contribution in [0.2, 0.25) is 0 Å². The van der Waals surface area contributed by atoms with E-state index in [4.69, 9.17) is 0 Å². The molecule has 0 bridgehead atoms. The summed E-state index contributed by atoms with van der Waals surface area (Å²) in [4.78, 5) is 0. The second-order valence-corrected chi connectivity index (χ2v) is 14.0. The minimum Gasteiger partial charge on any atom is -0.0622 e. The van der Waals surface area contributed by atoms with Crippen LogP contribution >= 0.6 is 0 Å². The molecular weight excluding hydrogens is 589 g/mol. The summed E-state index contributed by atoms with van der Waals surface area (Å²) >= 11 is 0. The van der Waals surface area contributed by atoms with Crippen LogP contribution in [0.4, 0.5) is 0 Å². The highest BCUT2D eigenvalue weighted by Crippen LogP contribution is 2.56. The summed E-state index contributed by atoms with van der Waals surface area (Å²) in [5, 5.41) is 10.3. The molecule has 0 nitrogen and oxygen atoms in total. The van der Waals surface area contributed by atoms with Gasteiger partial charge in [0.05, 0.1) is 0 Å². The lowest BCUT2D eigenvalue weighted by Gasteiger charge is -2.24. The highest BCUT2D eigenvalue weighted by molar-refractivity contribution is 6.28. The summed E-state index contributed by atoms with van der Waals surface area (Å²) < 4.78 is 0. The van der Waals surface area contributed by atoms with Gasteiger partial charge in [0, 0.05) is 5.41 Å². The van der Waals surface area contributed by atoms with Crippen LogP contribution in [0, 0.1) is 0 Å². The van der Waals surface area contributed by atoms with E-state index in [1.165, 1.54) is 98.7 Å². The van der Waals surface area contributed by atoms with Gasteiger partial charge in [-0.25, -0.2) is 0 Å². The molecule has 0 spiro atoms. The number of hydrogen-bond acceptors (Lipinski definition) is 0. The van der Waals surface area contributed by atoms with E-state index in [0.29, 0.717) is 0 Å². The van der Waals surface area contributed by atoms with Crippen molar-refractivity contribution in [1.29, 1.82) is 0 Å². The molecule has 0 unspecified atom stereocenters. The van der Waals surface area contributed by atoms with Gasteiger partial charge in [-0.15, -0.1) is 0 Å². The Morgan fingerprint density at radius 1 is 0.327 bits per heavy atom. The molecule has 9 aromatic rings. The Hall–Kier alpha value is -5.98. The number of rotatable bonds is 3. The first-order chi connectivity index (χ1) is 24.1. The molecule has 0 heteroatoms. The van der Waals surface area contributed by atoms with Crippen molar-refractivity contribution in [3.05, 3.63) is 181 Å². The van der Waals surface area contributed by atoms with Crippen molar-refractivity contribution in [2.75, 3.05) is 0 Å². The Morgan fingerprint density at radius 2 is 0.939 bits per heavy atom. The second kappa shape index (κ2) is 10.5. The summed E-state index contributed by atoms with van der Waals surface area (Å²) in [6, 6.07) is 63.1. The van der Waals surface area contributed by atoms with Crippen molar-refractivity contribution in [1.82, 2.24) is 0 Å². The lowest BCUT2D eigenvalue weighted by atomic mass is 9.79. The van der Waals surface area contributed by atoms with Crippen molar-refractivity contribution in [2.24, 2.45) is 0 Å². The van der Waals surface area contributed by atoms with Crippen molar-refractivity contribution >= 4 is 43.1 Å². The molecule has 9 aromatic carbocycles. The van der Waals surface area contributed by atoms with Crippen LogP contribution in [0.3, 0.4) is 0 Å². The quantitative estimate of drug-likeness (QED) is 0.136. The van der Waals surface area contributed by atoms with Gasteiger partial charge >= 0.3 is 0 Å². The molecule has 0 saturated carbocycles. The Labute approximate surface area is 286 Å². The zero-order valence-electron chi connectivity index (χ0n) is 27.7. The first-order valence-electron chi connectivity index (χ1n) is 17.3. The summed E-state index contributed by atoms with van der Waals surface area (Å²) in [6.07, 6.45) is 0. The Bertz CT molecular complexity index is 2780. The first kappa shape index (κ1) is 28.1. The van der Waals surface area contributed by atoms with E-state index >= 15 is 0 Å². The van der Waals surface area contributed by atoms with Crippen molar-refractivity contribution < 1.29 is 0 Å². The third-order valence-corrected chi connectivity index (χ3v) is 11.0. The number of hydrogen-bond donors (Lipinski definition) is 0. The molecule has 0 aromatic heterocycles. The van der Waals surface area contributed by atoms with Crippen LogP contribution in [0.15, 0.2) is 170 Å². The maximum atomic E-state index is 2.43. The number of benzene rings is 9. The van der Waals surface area contributed by atoms with Gasteiger partial charge in [0.15, 0.2) is 0 Å². The molecule has 0 atom stereocenters. The molecule has 0 heterocycles. The smallest absolute Gasteiger partial charge is 0.0159 e. The second-order valence-electron chi connectivity index (χ2n) is 14.0. The molecule has 0 aliphatic heterocycles. The highest BCUT2D eigenvalue weighted by atomic mass is 14.4. The molecule has 49 heavy (non-hydrogen) atoms. The van der Waals surface area contributed by atoms with E-state index in [2.05, 4.69) is 184 Å². The van der Waals surface area contributed by atoms with Crippen LogP contribution in [-0.2, 0) is 5.41 Å². The SMILES string of the molecule is CC1(C)c2ccccc2-c2c1ccc1c(-c3cc4ccccc4c4ccccc34)c3ccccc3c(-c3cccc(-c4ccccc4)c3)c21. The van der Waals surface area contributed by atoms with Gasteiger partial charge in [0.1, 0.15) is 0 Å². The monoisotopic (exact) mass is 622 g/mol. The van der Waals surface area contributed by atoms with Crippen molar-refractivity contribution in [2.45, 2.75) is 19.3 Å². The van der Waals surface area contributed by atoms with E-state index in [1.54, 1.807) is 0 Å². The molecule has 0 N–H and O–H groups in total. The van der Waals surface area contributed by atoms with Gasteiger partial charge in [0.25, 0.3) is 0 Å². The topological polar surface area (TPSA) is 0 Å². The molecule has 1 aliphatic carbocycles. The normalized spacial score (nSPS) is 13.3. The summed E-state index contributed by atoms with van der Waals surface area (Å²) in [7, 11) is 0.